The number of fused-ring (bicyclic) bond motifs is 1. The number of nitrogens with zero attached hydrogens (tertiary/aromatic N) is 7. The van der Waals surface area contributed by atoms with E-state index in [-0.39, 0.29) is 18.1 Å². The summed E-state index contributed by atoms with van der Waals surface area (Å²) in [7, 11) is 0. The van der Waals surface area contributed by atoms with Crippen LogP contribution >= 0.6 is 0 Å². The molecule has 1 aliphatic heterocycles. The monoisotopic (exact) mass is 392 g/mol. The van der Waals surface area contributed by atoms with Crippen molar-refractivity contribution in [1.82, 2.24) is 34.9 Å². The normalized spacial score (nSPS) is 18.1. The number of aryl methyl sites for hydroxylation is 1. The number of amides is 1. The van der Waals surface area contributed by atoms with E-state index in [4.69, 9.17) is 4.52 Å². The first kappa shape index (κ1) is 18.2. The molecule has 0 aliphatic carbocycles. The third kappa shape index (κ3) is 3.62. The van der Waals surface area contributed by atoms with Crippen molar-refractivity contribution in [3.63, 3.8) is 0 Å². The summed E-state index contributed by atoms with van der Waals surface area (Å²) in [6.07, 6.45) is -0.530. The molecule has 28 heavy (non-hydrogen) atoms. The third-order valence-electron chi connectivity index (χ3n) is 4.48. The molecule has 12 heteroatoms. The summed E-state index contributed by atoms with van der Waals surface area (Å²) in [5.41, 5.74) is 0.210. The second kappa shape index (κ2) is 7.44. The molecular weight excluding hydrogens is 374 g/mol. The predicted molar refractivity (Wildman–Crippen MR) is 91.5 cm³/mol. The number of alkyl halides is 2. The minimum absolute atomic E-state index is 0.131. The van der Waals surface area contributed by atoms with Gasteiger partial charge in [0.15, 0.2) is 11.5 Å². The number of carbonyl (C=O) groups excluding carboxylic acids is 1. The lowest BCUT2D eigenvalue weighted by Gasteiger charge is -2.23. The fourth-order valence-corrected chi connectivity index (χ4v) is 3.16. The van der Waals surface area contributed by atoms with Crippen molar-refractivity contribution in [3.05, 3.63) is 29.7 Å². The molecule has 0 saturated carbocycles. The van der Waals surface area contributed by atoms with E-state index < -0.39 is 18.3 Å². The van der Waals surface area contributed by atoms with E-state index in [0.717, 1.165) is 17.4 Å². The second-order valence-corrected chi connectivity index (χ2v) is 6.54. The van der Waals surface area contributed by atoms with Gasteiger partial charge in [-0.15, -0.1) is 15.3 Å². The van der Waals surface area contributed by atoms with Crippen LogP contribution < -0.4 is 5.32 Å². The Morgan fingerprint density at radius 2 is 2.18 bits per heavy atom. The highest BCUT2D eigenvalue weighted by Gasteiger charge is 2.28. The van der Waals surface area contributed by atoms with Crippen LogP contribution in [0.3, 0.4) is 0 Å². The van der Waals surface area contributed by atoms with Crippen LogP contribution in [0.25, 0.3) is 5.65 Å². The highest BCUT2D eigenvalue weighted by molar-refractivity contribution is 5.84. The molecule has 1 unspecified atom stereocenters. The maximum absolute atomic E-state index is 13.0. The number of aromatic nitrogens is 6. The van der Waals surface area contributed by atoms with Crippen LogP contribution in [0.1, 0.15) is 43.2 Å². The predicted octanol–water partition coefficient (Wildman–Crippen LogP) is 1.75. The van der Waals surface area contributed by atoms with Gasteiger partial charge in [0.05, 0.1) is 0 Å². The lowest BCUT2D eigenvalue weighted by Crippen LogP contribution is -2.41. The minimum Gasteiger partial charge on any atom is -0.357 e. The maximum atomic E-state index is 13.0. The van der Waals surface area contributed by atoms with Crippen molar-refractivity contribution in [3.8, 4) is 0 Å². The summed E-state index contributed by atoms with van der Waals surface area (Å²) in [5, 5.41) is 18.0. The van der Waals surface area contributed by atoms with Gasteiger partial charge in [-0.3, -0.25) is 4.79 Å². The molecule has 4 heterocycles. The first-order valence-corrected chi connectivity index (χ1v) is 8.86. The zero-order valence-corrected chi connectivity index (χ0v) is 15.0. The number of hydrogen-bond acceptors (Lipinski definition) is 8. The molecule has 0 radical (unpaired) electrons. The Morgan fingerprint density at radius 1 is 1.32 bits per heavy atom. The SMILES string of the molecule is Cc1noc(CN2CCCCC(Nc3ccc4nnc(C(F)F)n4n3)C2=O)n1. The summed E-state index contributed by atoms with van der Waals surface area (Å²) >= 11 is 0. The minimum atomic E-state index is -2.80. The van der Waals surface area contributed by atoms with Gasteiger partial charge in [-0.2, -0.15) is 9.50 Å². The van der Waals surface area contributed by atoms with E-state index in [2.05, 4.69) is 30.8 Å². The summed E-state index contributed by atoms with van der Waals surface area (Å²) in [6, 6.07) is 2.57. The first-order chi connectivity index (χ1) is 13.5. The van der Waals surface area contributed by atoms with Gasteiger partial charge < -0.3 is 14.7 Å². The number of rotatable bonds is 5. The summed E-state index contributed by atoms with van der Waals surface area (Å²) in [5.74, 6) is 0.501. The van der Waals surface area contributed by atoms with Gasteiger partial charge in [-0.1, -0.05) is 5.16 Å². The molecule has 1 amide bonds. The van der Waals surface area contributed by atoms with Gasteiger partial charge in [0.2, 0.25) is 17.6 Å². The number of likely N-dealkylation sites (tertiary alicyclic amines) is 1. The molecule has 1 aliphatic rings. The fourth-order valence-electron chi connectivity index (χ4n) is 3.16. The Labute approximate surface area is 157 Å². The highest BCUT2D eigenvalue weighted by atomic mass is 19.3. The molecular formula is C16H18F2N8O2. The standard InChI is InChI=1S/C16H18F2N8O2/c1-9-19-13(28-24-9)8-25-7-3-2-4-10(16(25)27)20-11-5-6-12-21-22-15(14(17)18)26(12)23-11/h5-6,10,14H,2-4,7-8H2,1H3,(H,20,23). The topological polar surface area (TPSA) is 114 Å². The zero-order valence-electron chi connectivity index (χ0n) is 15.0. The molecule has 10 nitrogen and oxygen atoms in total. The van der Waals surface area contributed by atoms with Gasteiger partial charge in [-0.05, 0) is 38.3 Å². The van der Waals surface area contributed by atoms with Crippen LogP contribution in [0, 0.1) is 6.92 Å². The summed E-state index contributed by atoms with van der Waals surface area (Å²) in [6.45, 7) is 2.51. The Bertz CT molecular complexity index is 988. The van der Waals surface area contributed by atoms with Crippen molar-refractivity contribution in [2.75, 3.05) is 11.9 Å². The molecule has 3 aromatic rings. The molecule has 0 spiro atoms. The van der Waals surface area contributed by atoms with Crippen LogP contribution in [0.5, 0.6) is 0 Å². The molecule has 0 aromatic carbocycles. The molecule has 1 N–H and O–H groups in total. The van der Waals surface area contributed by atoms with Gasteiger partial charge in [0.1, 0.15) is 18.4 Å². The van der Waals surface area contributed by atoms with E-state index in [9.17, 15) is 13.6 Å². The van der Waals surface area contributed by atoms with Crippen molar-refractivity contribution in [2.24, 2.45) is 0 Å². The number of nitrogens with one attached hydrogen (secondary N) is 1. The largest absolute Gasteiger partial charge is 0.357 e. The summed E-state index contributed by atoms with van der Waals surface area (Å²) in [4.78, 5) is 18.7. The Hall–Kier alpha value is -3.18. The number of halogens is 2. The number of carbonyl (C=O) groups is 1. The van der Waals surface area contributed by atoms with Crippen LogP contribution in [-0.4, -0.2) is 53.3 Å². The smallest absolute Gasteiger partial charge is 0.299 e. The number of anilines is 1. The average Bonchev–Trinajstić information content (AvgIpc) is 3.23. The second-order valence-electron chi connectivity index (χ2n) is 6.54. The van der Waals surface area contributed by atoms with E-state index in [1.807, 2.05) is 0 Å². The van der Waals surface area contributed by atoms with Gasteiger partial charge in [0, 0.05) is 6.54 Å². The molecule has 3 aromatic heterocycles. The first-order valence-electron chi connectivity index (χ1n) is 8.86. The Kier molecular flexibility index (Phi) is 4.84. The van der Waals surface area contributed by atoms with Crippen LogP contribution in [0.15, 0.2) is 16.7 Å². The Balaban J connectivity index is 1.53. The van der Waals surface area contributed by atoms with E-state index in [0.29, 0.717) is 30.5 Å². The quantitative estimate of drug-likeness (QED) is 0.698. The van der Waals surface area contributed by atoms with Crippen molar-refractivity contribution >= 4 is 17.4 Å². The van der Waals surface area contributed by atoms with Crippen LogP contribution in [0.4, 0.5) is 14.6 Å². The average molecular weight is 392 g/mol. The van der Waals surface area contributed by atoms with Crippen molar-refractivity contribution < 1.29 is 18.1 Å². The lowest BCUT2D eigenvalue weighted by atomic mass is 10.1. The molecule has 148 valence electrons. The van der Waals surface area contributed by atoms with Gasteiger partial charge in [-0.25, -0.2) is 8.78 Å². The van der Waals surface area contributed by atoms with Crippen molar-refractivity contribution in [2.45, 2.75) is 45.2 Å². The summed E-state index contributed by atoms with van der Waals surface area (Å²) < 4.78 is 32.2. The van der Waals surface area contributed by atoms with Gasteiger partial charge >= 0.3 is 0 Å². The van der Waals surface area contributed by atoms with Crippen LogP contribution in [-0.2, 0) is 11.3 Å². The maximum Gasteiger partial charge on any atom is 0.299 e. The molecule has 0 bridgehead atoms. The van der Waals surface area contributed by atoms with E-state index in [1.54, 1.807) is 17.9 Å². The molecule has 1 saturated heterocycles. The van der Waals surface area contributed by atoms with Crippen molar-refractivity contribution in [1.29, 1.82) is 0 Å². The fraction of sp³-hybridized carbons (Fsp3) is 0.500. The van der Waals surface area contributed by atoms with E-state index >= 15 is 0 Å². The van der Waals surface area contributed by atoms with Gasteiger partial charge in [0.25, 0.3) is 6.43 Å². The zero-order chi connectivity index (χ0) is 19.7. The van der Waals surface area contributed by atoms with E-state index in [1.165, 1.54) is 6.07 Å². The molecule has 1 fully saturated rings. The van der Waals surface area contributed by atoms with Crippen LogP contribution in [0.2, 0.25) is 0 Å². The Morgan fingerprint density at radius 3 is 2.93 bits per heavy atom. The lowest BCUT2D eigenvalue weighted by molar-refractivity contribution is -0.132. The molecule has 1 atom stereocenters. The number of hydrogen-bond donors (Lipinski definition) is 1. The highest BCUT2D eigenvalue weighted by Crippen LogP contribution is 2.20. The molecule has 4 rings (SSSR count). The third-order valence-corrected chi connectivity index (χ3v) is 4.48.